The fraction of sp³-hybridized carbons (Fsp3) is 0.886. The van der Waals surface area contributed by atoms with Crippen molar-refractivity contribution in [2.75, 3.05) is 0 Å². The molecule has 0 aromatic rings. The molecule has 0 aromatic carbocycles. The zero-order chi connectivity index (χ0) is 41.5. The Hall–Kier alpha value is -1.93. The molecule has 0 amide bonds. The Balaban J connectivity index is 1.36. The first kappa shape index (κ1) is 45.2. The molecule has 5 rings (SSSR count). The number of ether oxygens (including phenoxy) is 6. The number of aliphatic carboxylic acids is 1. The number of hydrogen-bond donors (Lipinski definition) is 3. The summed E-state index contributed by atoms with van der Waals surface area (Å²) in [5.74, 6) is -6.48. The minimum atomic E-state index is -1.38. The summed E-state index contributed by atoms with van der Waals surface area (Å²) < 4.78 is 39.8. The summed E-state index contributed by atoms with van der Waals surface area (Å²) in [5, 5.41) is 32.7. The molecule has 12 nitrogen and oxygen atoms in total. The van der Waals surface area contributed by atoms with Crippen molar-refractivity contribution in [3.63, 3.8) is 0 Å². The van der Waals surface area contributed by atoms with Crippen molar-refractivity contribution in [2.45, 2.75) is 206 Å². The van der Waals surface area contributed by atoms with Crippen LogP contribution in [0.25, 0.3) is 0 Å². The molecule has 0 bridgehead atoms. The predicted molar refractivity (Wildman–Crippen MR) is 208 cm³/mol. The second kappa shape index (κ2) is 17.3. The molecule has 56 heavy (non-hydrogen) atoms. The third kappa shape index (κ3) is 8.54. The molecule has 3 N–H and O–H groups in total. The minimum Gasteiger partial charge on any atom is -0.481 e. The molecular weight excluding hydrogens is 720 g/mol. The highest BCUT2D eigenvalue weighted by Gasteiger charge is 2.64. The molecule has 5 aliphatic rings. The Morgan fingerprint density at radius 3 is 2.16 bits per heavy atom. The van der Waals surface area contributed by atoms with E-state index in [4.69, 9.17) is 28.4 Å². The molecule has 0 aromatic heterocycles. The minimum absolute atomic E-state index is 0.0147. The van der Waals surface area contributed by atoms with Crippen LogP contribution in [0.4, 0.5) is 0 Å². The molecule has 18 atom stereocenters. The zero-order valence-corrected chi connectivity index (χ0v) is 35.8. The molecule has 0 unspecified atom stereocenters. The lowest BCUT2D eigenvalue weighted by Crippen LogP contribution is -2.63. The number of rotatable bonds is 13. The molecule has 5 aliphatic heterocycles. The Morgan fingerprint density at radius 2 is 1.57 bits per heavy atom. The topological polar surface area (TPSA) is 167 Å². The van der Waals surface area contributed by atoms with Crippen molar-refractivity contribution >= 4 is 17.7 Å². The number of carboxylic acid groups (broad SMARTS) is 1. The van der Waals surface area contributed by atoms with E-state index in [9.17, 15) is 29.7 Å². The number of carbonyl (C=O) groups is 3. The molecule has 2 spiro atoms. The largest absolute Gasteiger partial charge is 0.481 e. The van der Waals surface area contributed by atoms with E-state index < -0.39 is 82.8 Å². The van der Waals surface area contributed by atoms with E-state index in [0.29, 0.717) is 57.8 Å². The van der Waals surface area contributed by atoms with Crippen LogP contribution in [-0.2, 0) is 42.8 Å². The van der Waals surface area contributed by atoms with Gasteiger partial charge in [0.2, 0.25) is 5.79 Å². The maximum atomic E-state index is 14.5. The van der Waals surface area contributed by atoms with Crippen LogP contribution in [0.15, 0.2) is 12.2 Å². The summed E-state index contributed by atoms with van der Waals surface area (Å²) in [7, 11) is 0. The van der Waals surface area contributed by atoms with Crippen LogP contribution in [0.2, 0.25) is 0 Å². The highest BCUT2D eigenvalue weighted by atomic mass is 16.8. The van der Waals surface area contributed by atoms with Crippen LogP contribution >= 0.6 is 0 Å². The van der Waals surface area contributed by atoms with Crippen molar-refractivity contribution in [3.8, 4) is 0 Å². The summed E-state index contributed by atoms with van der Waals surface area (Å²) in [4.78, 5) is 38.9. The normalized spacial score (nSPS) is 44.2. The maximum absolute atomic E-state index is 14.5. The number of carboxylic acids is 1. The summed E-state index contributed by atoms with van der Waals surface area (Å²) in [6.07, 6.45) is 5.50. The fourth-order valence-corrected chi connectivity index (χ4v) is 10.8. The lowest BCUT2D eigenvalue weighted by molar-refractivity contribution is -0.409. The third-order valence-electron chi connectivity index (χ3n) is 14.7. The summed E-state index contributed by atoms with van der Waals surface area (Å²) in [6.45, 7) is 20.9. The first-order valence-electron chi connectivity index (χ1n) is 21.6. The molecule has 0 aliphatic carbocycles. The first-order chi connectivity index (χ1) is 26.2. The summed E-state index contributed by atoms with van der Waals surface area (Å²) >= 11 is 0. The molecular formula is C44H72O12. The Labute approximate surface area is 334 Å². The van der Waals surface area contributed by atoms with Gasteiger partial charge in [-0.15, -0.1) is 0 Å². The van der Waals surface area contributed by atoms with Gasteiger partial charge in [-0.3, -0.25) is 14.4 Å². The van der Waals surface area contributed by atoms with E-state index in [0.717, 1.165) is 6.42 Å². The Kier molecular flexibility index (Phi) is 14.0. The average Bonchev–Trinajstić information content (AvgIpc) is 3.49. The van der Waals surface area contributed by atoms with E-state index >= 15 is 0 Å². The van der Waals surface area contributed by atoms with Crippen LogP contribution in [-0.4, -0.2) is 98.5 Å². The Morgan fingerprint density at radius 1 is 0.893 bits per heavy atom. The fourth-order valence-electron chi connectivity index (χ4n) is 10.8. The van der Waals surface area contributed by atoms with Crippen LogP contribution < -0.4 is 0 Å². The quantitative estimate of drug-likeness (QED) is 0.133. The van der Waals surface area contributed by atoms with Gasteiger partial charge in [-0.05, 0) is 95.6 Å². The highest BCUT2D eigenvalue weighted by molar-refractivity contribution is 5.84. The van der Waals surface area contributed by atoms with E-state index in [1.165, 1.54) is 6.92 Å². The van der Waals surface area contributed by atoms with Gasteiger partial charge in [0.15, 0.2) is 11.9 Å². The van der Waals surface area contributed by atoms with Crippen LogP contribution in [0, 0.1) is 41.4 Å². The lowest BCUT2D eigenvalue weighted by Gasteiger charge is -2.54. The maximum Gasteiger partial charge on any atom is 0.309 e. The second-order valence-corrected chi connectivity index (χ2v) is 18.5. The smallest absolute Gasteiger partial charge is 0.309 e. The number of aliphatic hydroxyl groups excluding tert-OH is 1. The number of Topliss-reactive ketones (excluding diaryl/α,β-unsaturated/α-hetero) is 1. The van der Waals surface area contributed by atoms with Gasteiger partial charge >= 0.3 is 11.9 Å². The first-order valence-corrected chi connectivity index (χ1v) is 21.6. The summed E-state index contributed by atoms with van der Waals surface area (Å²) in [6, 6.07) is 0. The average molecular weight is 793 g/mol. The van der Waals surface area contributed by atoms with Gasteiger partial charge in [-0.2, -0.15) is 0 Å². The molecule has 12 heteroatoms. The number of carbonyl (C=O) groups excluding carboxylic acids is 2. The second-order valence-electron chi connectivity index (χ2n) is 18.5. The molecule has 4 fully saturated rings. The molecule has 320 valence electrons. The predicted octanol–water partition coefficient (Wildman–Crippen LogP) is 6.76. The molecule has 0 saturated carbocycles. The van der Waals surface area contributed by atoms with Gasteiger partial charge in [-0.1, -0.05) is 55.4 Å². The highest BCUT2D eigenvalue weighted by Crippen LogP contribution is 2.54. The van der Waals surface area contributed by atoms with Gasteiger partial charge in [0, 0.05) is 37.0 Å². The van der Waals surface area contributed by atoms with Gasteiger partial charge in [0.05, 0.1) is 53.7 Å². The Bertz CT molecular complexity index is 1440. The van der Waals surface area contributed by atoms with Crippen molar-refractivity contribution in [1.29, 1.82) is 0 Å². The van der Waals surface area contributed by atoms with Crippen molar-refractivity contribution in [2.24, 2.45) is 41.4 Å². The van der Waals surface area contributed by atoms with Gasteiger partial charge in [0.1, 0.15) is 5.78 Å². The number of ketones is 1. The van der Waals surface area contributed by atoms with Crippen LogP contribution in [0.5, 0.6) is 0 Å². The van der Waals surface area contributed by atoms with E-state index in [1.807, 2.05) is 53.7 Å². The van der Waals surface area contributed by atoms with Crippen molar-refractivity contribution in [3.05, 3.63) is 12.2 Å². The number of aliphatic hydroxyl groups is 2. The summed E-state index contributed by atoms with van der Waals surface area (Å²) in [5.41, 5.74) is -1.70. The molecule has 4 saturated heterocycles. The van der Waals surface area contributed by atoms with Crippen LogP contribution in [0.1, 0.15) is 140 Å². The molecule has 0 radical (unpaired) electrons. The molecule has 5 heterocycles. The SMILES string of the molecule is CC[C@@H](C(=O)[C@@H](C)[C@@H](O)[C@H](C)[C@@H]1O[C@@H]([C@@H](CC)C(=O)O)CC[C@@H]1C)[C@H]1O[C@@]2(C=C[C@@H](OC(C)=O)[C@]3(CC[C@@](C)([C@H]4CC[C@](O)(CC)[C@H](C)O4)O3)O2)[C@H](C)C[C@@H]1C. The van der Waals surface area contributed by atoms with Crippen molar-refractivity contribution < 1.29 is 58.1 Å². The standard InChI is InChI=1S/C44H72O12/c1-12-31(40(48)49)33-16-15-24(4)38(53-33)28(8)36(46)27(7)37(47)32(13-2)39-25(5)23-26(6)43(54-39)20-18-35(52-30(10)45)44(56-43)22-21-41(11,55-44)34-17-19-42(50,14-3)29(9)51-34/h18,20,24-29,31-36,38-39,46,50H,12-17,19,21-23H2,1-11H3,(H,48,49)/t24-,25-,26+,27-,28-,29-,31+,32-,33+,34+,35+,36+,38+,39-,41-,42+,43+,44-/m0/s1. The van der Waals surface area contributed by atoms with Gasteiger partial charge < -0.3 is 43.7 Å². The monoisotopic (exact) mass is 793 g/mol. The van der Waals surface area contributed by atoms with Gasteiger partial charge in [-0.25, -0.2) is 0 Å². The zero-order valence-electron chi connectivity index (χ0n) is 35.8. The van der Waals surface area contributed by atoms with Gasteiger partial charge in [0.25, 0.3) is 0 Å². The number of esters is 1. The van der Waals surface area contributed by atoms with Crippen LogP contribution in [0.3, 0.4) is 0 Å². The van der Waals surface area contributed by atoms with Crippen molar-refractivity contribution in [1.82, 2.24) is 0 Å². The van der Waals surface area contributed by atoms with E-state index in [2.05, 4.69) is 20.8 Å². The van der Waals surface area contributed by atoms with E-state index in [-0.39, 0.29) is 41.8 Å². The van der Waals surface area contributed by atoms with E-state index in [1.54, 1.807) is 6.92 Å². The number of hydrogen-bond acceptors (Lipinski definition) is 11. The third-order valence-corrected chi connectivity index (χ3v) is 14.7. The lowest BCUT2D eigenvalue weighted by atomic mass is 9.72.